The first-order valence-electron chi connectivity index (χ1n) is 10.0. The molecule has 0 radical (unpaired) electrons. The van der Waals surface area contributed by atoms with Crippen molar-refractivity contribution in [2.24, 2.45) is 0 Å². The molecule has 4 rings (SSSR count). The minimum Gasteiger partial charge on any atom is -0.397 e. The minimum atomic E-state index is -0.595. The molecule has 0 bridgehead atoms. The number of anilines is 3. The van der Waals surface area contributed by atoms with Gasteiger partial charge in [-0.2, -0.15) is 5.26 Å². The van der Waals surface area contributed by atoms with Gasteiger partial charge in [-0.25, -0.2) is 9.37 Å². The Morgan fingerprint density at radius 1 is 1.16 bits per heavy atom. The van der Waals surface area contributed by atoms with Gasteiger partial charge in [0, 0.05) is 24.8 Å². The molecule has 3 N–H and O–H groups in total. The van der Waals surface area contributed by atoms with Crippen molar-refractivity contribution in [3.8, 4) is 17.3 Å². The molecule has 0 spiro atoms. The summed E-state index contributed by atoms with van der Waals surface area (Å²) in [5.74, 6) is -1.10. The van der Waals surface area contributed by atoms with Crippen molar-refractivity contribution >= 4 is 23.0 Å². The van der Waals surface area contributed by atoms with Crippen molar-refractivity contribution in [3.63, 3.8) is 0 Å². The molecule has 0 atom stereocenters. The number of nitrogens with one attached hydrogen (secondary N) is 1. The zero-order valence-electron chi connectivity index (χ0n) is 16.8. The Morgan fingerprint density at radius 3 is 2.71 bits per heavy atom. The number of amides is 1. The summed E-state index contributed by atoms with van der Waals surface area (Å²) in [5, 5.41) is 11.8. The predicted octanol–water partition coefficient (Wildman–Crippen LogP) is 3.98. The summed E-state index contributed by atoms with van der Waals surface area (Å²) in [4.78, 5) is 23.7. The quantitative estimate of drug-likeness (QED) is 0.666. The van der Waals surface area contributed by atoms with Crippen LogP contribution in [0.15, 0.2) is 48.8 Å². The van der Waals surface area contributed by atoms with Crippen LogP contribution in [0.25, 0.3) is 11.3 Å². The first-order valence-corrected chi connectivity index (χ1v) is 10.0. The molecule has 7 nitrogen and oxygen atoms in total. The maximum Gasteiger partial charge on any atom is 0.276 e. The summed E-state index contributed by atoms with van der Waals surface area (Å²) in [6.07, 6.45) is 6.69. The van der Waals surface area contributed by atoms with Gasteiger partial charge in [-0.3, -0.25) is 9.78 Å². The number of nitrogens with zero attached hydrogens (tertiary/aromatic N) is 4. The summed E-state index contributed by atoms with van der Waals surface area (Å²) in [5.41, 5.74) is 8.29. The first kappa shape index (κ1) is 20.3. The number of pyridine rings is 2. The number of aromatic nitrogens is 2. The topological polar surface area (TPSA) is 108 Å². The maximum atomic E-state index is 14.4. The summed E-state index contributed by atoms with van der Waals surface area (Å²) in [6.45, 7) is 1.83. The third kappa shape index (κ3) is 4.31. The second kappa shape index (κ2) is 8.79. The molecule has 1 aromatic carbocycles. The number of piperidine rings is 1. The third-order valence-electron chi connectivity index (χ3n) is 5.26. The van der Waals surface area contributed by atoms with Gasteiger partial charge >= 0.3 is 0 Å². The Hall–Kier alpha value is -3.99. The number of carbonyl (C=O) groups excluding carboxylic acids is 1. The zero-order chi connectivity index (χ0) is 21.8. The van der Waals surface area contributed by atoms with Crippen LogP contribution in [-0.2, 0) is 0 Å². The van der Waals surface area contributed by atoms with Gasteiger partial charge in [-0.1, -0.05) is 0 Å². The van der Waals surface area contributed by atoms with E-state index in [0.29, 0.717) is 5.69 Å². The lowest BCUT2D eigenvalue weighted by Gasteiger charge is -2.30. The standard InChI is InChI=1S/C23H21FN6O/c24-17-12-15(13-25)4-5-16(17)19-7-6-18(26)22(28-19)23(31)29-20-14-27-9-8-21(20)30-10-2-1-3-11-30/h4-9,12,14H,1-3,10-11,26H2,(H,29,31). The van der Waals surface area contributed by atoms with Crippen LogP contribution in [-0.4, -0.2) is 29.0 Å². The second-order valence-corrected chi connectivity index (χ2v) is 7.34. The van der Waals surface area contributed by atoms with E-state index in [0.717, 1.165) is 37.7 Å². The first-order chi connectivity index (χ1) is 15.1. The van der Waals surface area contributed by atoms with Gasteiger partial charge in [-0.15, -0.1) is 0 Å². The molecule has 31 heavy (non-hydrogen) atoms. The number of carbonyl (C=O) groups is 1. The SMILES string of the molecule is N#Cc1ccc(-c2ccc(N)c(C(=O)Nc3cnccc3N3CCCCC3)n2)c(F)c1. The van der Waals surface area contributed by atoms with Gasteiger partial charge in [0.15, 0.2) is 5.69 Å². The molecule has 0 unspecified atom stereocenters. The molecule has 8 heteroatoms. The van der Waals surface area contributed by atoms with Crippen LogP contribution in [0, 0.1) is 17.1 Å². The zero-order valence-corrected chi connectivity index (χ0v) is 16.8. The number of nitrogens with two attached hydrogens (primary N) is 1. The van der Waals surface area contributed by atoms with Crippen LogP contribution in [0.3, 0.4) is 0 Å². The van der Waals surface area contributed by atoms with Gasteiger partial charge in [0.1, 0.15) is 5.82 Å². The van der Waals surface area contributed by atoms with Crippen LogP contribution in [0.2, 0.25) is 0 Å². The molecule has 1 saturated heterocycles. The van der Waals surface area contributed by atoms with Gasteiger partial charge in [0.25, 0.3) is 5.91 Å². The highest BCUT2D eigenvalue weighted by atomic mass is 19.1. The van der Waals surface area contributed by atoms with Crippen LogP contribution >= 0.6 is 0 Å². The molecular weight excluding hydrogens is 395 g/mol. The number of nitrogen functional groups attached to an aromatic ring is 1. The highest BCUT2D eigenvalue weighted by Gasteiger charge is 2.19. The lowest BCUT2D eigenvalue weighted by molar-refractivity contribution is 0.102. The smallest absolute Gasteiger partial charge is 0.276 e. The monoisotopic (exact) mass is 416 g/mol. The third-order valence-corrected chi connectivity index (χ3v) is 5.26. The lowest BCUT2D eigenvalue weighted by Crippen LogP contribution is -2.30. The van der Waals surface area contributed by atoms with E-state index in [2.05, 4.69) is 20.2 Å². The van der Waals surface area contributed by atoms with E-state index < -0.39 is 11.7 Å². The Kier molecular flexibility index (Phi) is 5.76. The highest BCUT2D eigenvalue weighted by molar-refractivity contribution is 6.07. The number of hydrogen-bond acceptors (Lipinski definition) is 6. The molecule has 2 aromatic heterocycles. The summed E-state index contributed by atoms with van der Waals surface area (Å²) >= 11 is 0. The summed E-state index contributed by atoms with van der Waals surface area (Å²) < 4.78 is 14.4. The van der Waals surface area contributed by atoms with E-state index in [9.17, 15) is 9.18 Å². The predicted molar refractivity (Wildman–Crippen MR) is 117 cm³/mol. The van der Waals surface area contributed by atoms with Crippen molar-refractivity contribution in [1.82, 2.24) is 9.97 Å². The molecular formula is C23H21FN6O. The van der Waals surface area contributed by atoms with E-state index in [1.807, 2.05) is 12.1 Å². The Labute approximate surface area is 179 Å². The molecule has 1 amide bonds. The van der Waals surface area contributed by atoms with E-state index in [4.69, 9.17) is 11.0 Å². The summed E-state index contributed by atoms with van der Waals surface area (Å²) in [6, 6.07) is 10.9. The molecule has 1 aliphatic rings. The van der Waals surface area contributed by atoms with Crippen molar-refractivity contribution < 1.29 is 9.18 Å². The number of benzene rings is 1. The fraction of sp³-hybridized carbons (Fsp3) is 0.217. The van der Waals surface area contributed by atoms with Crippen LogP contribution in [0.1, 0.15) is 35.3 Å². The minimum absolute atomic E-state index is 0.00490. The maximum absolute atomic E-state index is 14.4. The average molecular weight is 416 g/mol. The van der Waals surface area contributed by atoms with Gasteiger partial charge in [-0.05, 0) is 55.7 Å². The van der Waals surface area contributed by atoms with Crippen LogP contribution in [0.4, 0.5) is 21.5 Å². The Balaban J connectivity index is 1.63. The Bertz CT molecular complexity index is 1170. The van der Waals surface area contributed by atoms with Crippen LogP contribution < -0.4 is 16.0 Å². The number of hydrogen-bond donors (Lipinski definition) is 2. The number of nitriles is 1. The van der Waals surface area contributed by atoms with E-state index in [-0.39, 0.29) is 28.2 Å². The van der Waals surface area contributed by atoms with Crippen molar-refractivity contribution in [1.29, 1.82) is 5.26 Å². The normalized spacial score (nSPS) is 13.5. The molecule has 3 aromatic rings. The second-order valence-electron chi connectivity index (χ2n) is 7.34. The Morgan fingerprint density at radius 2 is 1.97 bits per heavy atom. The number of halogens is 1. The average Bonchev–Trinajstić information content (AvgIpc) is 2.80. The van der Waals surface area contributed by atoms with Gasteiger partial charge in [0.05, 0.1) is 40.6 Å². The molecule has 1 aliphatic heterocycles. The number of rotatable bonds is 4. The van der Waals surface area contributed by atoms with Crippen molar-refractivity contribution in [2.75, 3.05) is 29.0 Å². The van der Waals surface area contributed by atoms with E-state index in [1.54, 1.807) is 18.5 Å². The largest absolute Gasteiger partial charge is 0.397 e. The van der Waals surface area contributed by atoms with Crippen molar-refractivity contribution in [3.05, 3.63) is 65.9 Å². The summed E-state index contributed by atoms with van der Waals surface area (Å²) in [7, 11) is 0. The molecule has 3 heterocycles. The highest BCUT2D eigenvalue weighted by Crippen LogP contribution is 2.29. The molecule has 0 saturated carbocycles. The fourth-order valence-electron chi connectivity index (χ4n) is 3.67. The van der Waals surface area contributed by atoms with Gasteiger partial charge < -0.3 is 16.0 Å². The molecule has 1 fully saturated rings. The molecule has 156 valence electrons. The lowest BCUT2D eigenvalue weighted by atomic mass is 10.1. The van der Waals surface area contributed by atoms with E-state index in [1.165, 1.54) is 24.6 Å². The van der Waals surface area contributed by atoms with Crippen LogP contribution in [0.5, 0.6) is 0 Å². The van der Waals surface area contributed by atoms with E-state index >= 15 is 0 Å². The van der Waals surface area contributed by atoms with Gasteiger partial charge in [0.2, 0.25) is 0 Å². The van der Waals surface area contributed by atoms with Crippen molar-refractivity contribution in [2.45, 2.75) is 19.3 Å². The molecule has 0 aliphatic carbocycles. The fourth-order valence-corrected chi connectivity index (χ4v) is 3.67.